The number of rotatable bonds is 10. The van der Waals surface area contributed by atoms with Crippen molar-refractivity contribution in [1.29, 1.82) is 0 Å². The number of quaternary nitrogens is 1. The fourth-order valence-corrected chi connectivity index (χ4v) is 7.73. The van der Waals surface area contributed by atoms with E-state index < -0.39 is 29.8 Å². The maximum atomic E-state index is 14.5. The molecule has 1 unspecified atom stereocenters. The summed E-state index contributed by atoms with van der Waals surface area (Å²) in [5, 5.41) is 3.82. The smallest absolute Gasteiger partial charge is 0.408 e. The first-order chi connectivity index (χ1) is 22.6. The van der Waals surface area contributed by atoms with E-state index in [1.54, 1.807) is 20.8 Å². The van der Waals surface area contributed by atoms with Crippen LogP contribution in [-0.4, -0.2) is 52.3 Å². The summed E-state index contributed by atoms with van der Waals surface area (Å²) in [6.07, 6.45) is 5.01. The molecule has 0 saturated carbocycles. The lowest BCUT2D eigenvalue weighted by Gasteiger charge is -2.58. The molecule has 1 amide bonds. The molecule has 3 saturated heterocycles. The van der Waals surface area contributed by atoms with Crippen molar-refractivity contribution in [2.45, 2.75) is 70.4 Å². The highest BCUT2D eigenvalue weighted by Crippen LogP contribution is 2.49. The van der Waals surface area contributed by atoms with Gasteiger partial charge >= 0.3 is 12.1 Å². The predicted octanol–water partition coefficient (Wildman–Crippen LogP) is 7.57. The number of carbonyl (C=O) groups is 2. The zero-order chi connectivity index (χ0) is 33.0. The number of hydrogen-bond acceptors (Lipinski definition) is 5. The van der Waals surface area contributed by atoms with E-state index in [2.05, 4.69) is 53.3 Å². The molecule has 3 aliphatic rings. The maximum Gasteiger partial charge on any atom is 0.408 e. The van der Waals surface area contributed by atoms with Crippen LogP contribution >= 0.6 is 0 Å². The molecule has 7 heteroatoms. The monoisotopic (exact) mass is 632 g/mol. The lowest BCUT2D eigenvalue weighted by atomic mass is 9.71. The third kappa shape index (κ3) is 7.41. The Labute approximate surface area is 278 Å². The summed E-state index contributed by atoms with van der Waals surface area (Å²) < 4.78 is 13.1. The number of pyridine rings is 1. The van der Waals surface area contributed by atoms with Crippen LogP contribution in [0.4, 0.5) is 4.79 Å². The molecule has 1 N–H and O–H groups in total. The fraction of sp³-hybridized carbons (Fsp3) is 0.375. The molecule has 0 spiro atoms. The zero-order valence-electron chi connectivity index (χ0n) is 27.7. The summed E-state index contributed by atoms with van der Waals surface area (Å²) in [6.45, 7) is 12.4. The number of fused-ring (bicyclic) bond motifs is 4. The summed E-state index contributed by atoms with van der Waals surface area (Å²) in [7, 11) is 0. The number of ether oxygens (including phenoxy) is 2. The number of aromatic nitrogens is 1. The molecule has 47 heavy (non-hydrogen) atoms. The van der Waals surface area contributed by atoms with Gasteiger partial charge < -0.3 is 19.3 Å². The Bertz CT molecular complexity index is 1700. The summed E-state index contributed by atoms with van der Waals surface area (Å²) in [6, 6.07) is 29.4. The number of nitrogens with zero attached hydrogens (tertiary/aromatic N) is 2. The average molecular weight is 633 g/mol. The minimum atomic E-state index is -0.942. The number of esters is 1. The second-order valence-electron chi connectivity index (χ2n) is 14.2. The molecule has 3 aliphatic heterocycles. The molecule has 7 rings (SSSR count). The van der Waals surface area contributed by atoms with Crippen molar-refractivity contribution in [1.82, 2.24) is 10.3 Å². The molecule has 7 nitrogen and oxygen atoms in total. The third-order valence-corrected chi connectivity index (χ3v) is 9.86. The molecule has 244 valence electrons. The summed E-state index contributed by atoms with van der Waals surface area (Å²) in [4.78, 5) is 32.2. The van der Waals surface area contributed by atoms with Crippen molar-refractivity contribution in [3.63, 3.8) is 0 Å². The maximum absolute atomic E-state index is 14.5. The Morgan fingerprint density at radius 2 is 1.66 bits per heavy atom. The molecule has 3 aromatic carbocycles. The molecule has 4 heterocycles. The Hall–Kier alpha value is -4.49. The minimum Gasteiger partial charge on any atom is -0.450 e. The van der Waals surface area contributed by atoms with Gasteiger partial charge in [-0.05, 0) is 44.4 Å². The Kier molecular flexibility index (Phi) is 9.46. The SMILES string of the molecule is C=C[C@H]1C[N+]2(Cc3ccccc3)CC[C@H]1C[C@@H]2[C@@H](OC(=O)[C@@H](Cc1ccccc1)NC(=O)OC(C)(C)C)c1ccnc2ccccc12. The van der Waals surface area contributed by atoms with Crippen molar-refractivity contribution < 1.29 is 23.5 Å². The van der Waals surface area contributed by atoms with Crippen molar-refractivity contribution >= 4 is 23.0 Å². The molecule has 0 radical (unpaired) electrons. The lowest BCUT2D eigenvalue weighted by molar-refractivity contribution is -0.984. The Morgan fingerprint density at radius 3 is 2.36 bits per heavy atom. The van der Waals surface area contributed by atoms with Crippen LogP contribution in [0, 0.1) is 11.8 Å². The van der Waals surface area contributed by atoms with Gasteiger partial charge in [0, 0.05) is 47.9 Å². The summed E-state index contributed by atoms with van der Waals surface area (Å²) >= 11 is 0. The largest absolute Gasteiger partial charge is 0.450 e. The Morgan fingerprint density at radius 1 is 0.979 bits per heavy atom. The van der Waals surface area contributed by atoms with E-state index in [1.165, 1.54) is 5.56 Å². The number of hydrogen-bond donors (Lipinski definition) is 1. The van der Waals surface area contributed by atoms with Crippen LogP contribution in [0.3, 0.4) is 0 Å². The normalized spacial score (nSPS) is 23.4. The van der Waals surface area contributed by atoms with Gasteiger partial charge in [0.15, 0.2) is 6.10 Å². The molecule has 2 bridgehead atoms. The highest BCUT2D eigenvalue weighted by atomic mass is 16.6. The van der Waals surface area contributed by atoms with Crippen LogP contribution in [0.2, 0.25) is 0 Å². The van der Waals surface area contributed by atoms with Crippen molar-refractivity contribution in [2.24, 2.45) is 11.8 Å². The number of piperidine rings is 3. The van der Waals surface area contributed by atoms with Gasteiger partial charge in [0.25, 0.3) is 0 Å². The second kappa shape index (κ2) is 13.7. The van der Waals surface area contributed by atoms with Crippen LogP contribution in [0.25, 0.3) is 10.9 Å². The quantitative estimate of drug-likeness (QED) is 0.111. The Balaban J connectivity index is 1.41. The third-order valence-electron chi connectivity index (χ3n) is 9.86. The van der Waals surface area contributed by atoms with Crippen LogP contribution < -0.4 is 5.32 Å². The van der Waals surface area contributed by atoms with Gasteiger partial charge in [0.2, 0.25) is 0 Å². The van der Waals surface area contributed by atoms with Gasteiger partial charge in [0.05, 0.1) is 18.6 Å². The molecule has 0 aliphatic carbocycles. The van der Waals surface area contributed by atoms with Gasteiger partial charge in [-0.1, -0.05) is 84.9 Å². The number of nitrogens with one attached hydrogen (secondary N) is 1. The first-order valence-corrected chi connectivity index (χ1v) is 16.7. The van der Waals surface area contributed by atoms with E-state index in [0.717, 1.165) is 59.0 Å². The highest BCUT2D eigenvalue weighted by molar-refractivity contribution is 5.84. The van der Waals surface area contributed by atoms with Crippen molar-refractivity contribution in [3.05, 3.63) is 127 Å². The number of para-hydroxylation sites is 1. The summed E-state index contributed by atoms with van der Waals surface area (Å²) in [5.41, 5.74) is 3.26. The molecular formula is C40H46N3O4+. The first kappa shape index (κ1) is 32.5. The standard InChI is InChI=1S/C40H45N3O4/c1-5-30-27-43(26-29-16-10-7-11-17-29)23-21-31(30)25-36(43)37(33-20-22-41-34-19-13-12-18-32(33)34)46-38(44)35(24-28-14-8-6-9-15-28)42-39(45)47-40(2,3)4/h5-20,22,30-31,35-37H,1,21,23-27H2,2-4H3/p+1/t30-,31-,35+,36+,37-,43?/m0/s1. The molecule has 3 fully saturated rings. The number of benzene rings is 3. The number of amides is 1. The summed E-state index contributed by atoms with van der Waals surface area (Å²) in [5.74, 6) is 0.378. The molecule has 4 aromatic rings. The number of carbonyl (C=O) groups excluding carboxylic acids is 2. The van der Waals surface area contributed by atoms with Gasteiger partial charge in [-0.3, -0.25) is 4.98 Å². The first-order valence-electron chi connectivity index (χ1n) is 16.7. The van der Waals surface area contributed by atoms with Gasteiger partial charge in [-0.15, -0.1) is 6.58 Å². The topological polar surface area (TPSA) is 77.5 Å². The molecular weight excluding hydrogens is 586 g/mol. The fourth-order valence-electron chi connectivity index (χ4n) is 7.73. The van der Waals surface area contributed by atoms with Crippen molar-refractivity contribution in [3.8, 4) is 0 Å². The van der Waals surface area contributed by atoms with E-state index in [9.17, 15) is 9.59 Å². The van der Waals surface area contributed by atoms with Gasteiger partial charge in [-0.25, -0.2) is 9.59 Å². The van der Waals surface area contributed by atoms with Gasteiger partial charge in [-0.2, -0.15) is 0 Å². The zero-order valence-corrected chi connectivity index (χ0v) is 27.7. The van der Waals surface area contributed by atoms with E-state index >= 15 is 0 Å². The van der Waals surface area contributed by atoms with E-state index in [4.69, 9.17) is 9.47 Å². The van der Waals surface area contributed by atoms with Crippen LogP contribution in [0.5, 0.6) is 0 Å². The van der Waals surface area contributed by atoms with Crippen LogP contribution in [-0.2, 0) is 27.2 Å². The highest BCUT2D eigenvalue weighted by Gasteiger charge is 2.55. The van der Waals surface area contributed by atoms with Crippen LogP contribution in [0.1, 0.15) is 56.4 Å². The van der Waals surface area contributed by atoms with E-state index in [1.807, 2.05) is 66.9 Å². The van der Waals surface area contributed by atoms with E-state index in [-0.39, 0.29) is 12.5 Å². The minimum absolute atomic E-state index is 0.00110. The lowest BCUT2D eigenvalue weighted by Crippen LogP contribution is -2.68. The van der Waals surface area contributed by atoms with Crippen LogP contribution in [0.15, 0.2) is 110 Å². The second-order valence-corrected chi connectivity index (χ2v) is 14.2. The predicted molar refractivity (Wildman–Crippen MR) is 184 cm³/mol. The number of alkyl carbamates (subject to hydrolysis) is 1. The van der Waals surface area contributed by atoms with Gasteiger partial charge in [0.1, 0.15) is 24.2 Å². The van der Waals surface area contributed by atoms with Crippen molar-refractivity contribution in [2.75, 3.05) is 13.1 Å². The average Bonchev–Trinajstić information content (AvgIpc) is 3.06. The van der Waals surface area contributed by atoms with E-state index in [0.29, 0.717) is 11.8 Å². The molecule has 6 atom stereocenters. The molecule has 1 aromatic heterocycles.